The van der Waals surface area contributed by atoms with Gasteiger partial charge < -0.3 is 15.0 Å². The van der Waals surface area contributed by atoms with Crippen molar-refractivity contribution in [1.29, 1.82) is 0 Å². The number of hydrogen-bond donors (Lipinski definition) is 1. The maximum Gasteiger partial charge on any atom is 0.143 e. The first-order valence-electron chi connectivity index (χ1n) is 8.49. The number of hydrogen-bond acceptors (Lipinski definition) is 6. The number of para-hydroxylation sites is 1. The topological polar surface area (TPSA) is 81.3 Å². The van der Waals surface area contributed by atoms with E-state index in [1.165, 1.54) is 0 Å². The fraction of sp³-hybridized carbons (Fsp3) is 0.200. The zero-order valence-corrected chi connectivity index (χ0v) is 16.8. The Labute approximate surface area is 159 Å². The van der Waals surface area contributed by atoms with Gasteiger partial charge in [0.05, 0.1) is 12.8 Å². The van der Waals surface area contributed by atoms with E-state index < -0.39 is 7.14 Å². The summed E-state index contributed by atoms with van der Waals surface area (Å²) in [6.45, 7) is 5.28. The summed E-state index contributed by atoms with van der Waals surface area (Å²) in [6.07, 6.45) is 0. The Morgan fingerprint density at radius 1 is 1.04 bits per heavy atom. The number of nitrogens with two attached hydrogens (primary N) is 1. The number of aromatic nitrogens is 2. The molecule has 7 heteroatoms. The van der Waals surface area contributed by atoms with Crippen LogP contribution < -0.4 is 20.7 Å². The van der Waals surface area contributed by atoms with E-state index in [2.05, 4.69) is 9.97 Å². The van der Waals surface area contributed by atoms with Crippen molar-refractivity contribution in [2.24, 2.45) is 0 Å². The van der Waals surface area contributed by atoms with Gasteiger partial charge in [0, 0.05) is 17.1 Å². The van der Waals surface area contributed by atoms with Gasteiger partial charge in [0.1, 0.15) is 30.4 Å². The highest BCUT2D eigenvalue weighted by molar-refractivity contribution is 7.70. The maximum absolute atomic E-state index is 12.5. The molecule has 0 aliphatic rings. The molecule has 140 valence electrons. The van der Waals surface area contributed by atoms with Crippen molar-refractivity contribution in [3.05, 3.63) is 60.4 Å². The third-order valence-corrected chi connectivity index (χ3v) is 5.64. The molecule has 0 saturated carbocycles. The number of nitrogen functional groups attached to an aromatic ring is 1. The van der Waals surface area contributed by atoms with Crippen molar-refractivity contribution in [1.82, 2.24) is 9.97 Å². The molecule has 0 aliphatic carbocycles. The maximum atomic E-state index is 12.5. The van der Waals surface area contributed by atoms with E-state index in [-0.39, 0.29) is 0 Å². The van der Waals surface area contributed by atoms with E-state index in [9.17, 15) is 4.57 Å². The van der Waals surface area contributed by atoms with E-state index in [1.54, 1.807) is 33.4 Å². The van der Waals surface area contributed by atoms with Crippen LogP contribution in [0.25, 0.3) is 0 Å². The highest BCUT2D eigenvalue weighted by atomic mass is 31.2. The molecule has 0 atom stereocenters. The lowest BCUT2D eigenvalue weighted by Gasteiger charge is -2.26. The third kappa shape index (κ3) is 4.12. The summed E-state index contributed by atoms with van der Waals surface area (Å²) < 4.78 is 18.1. The van der Waals surface area contributed by atoms with E-state index >= 15 is 0 Å². The minimum absolute atomic E-state index is 0.389. The molecule has 0 aliphatic heterocycles. The molecule has 0 radical (unpaired) electrons. The average Bonchev–Trinajstić information content (AvgIpc) is 2.61. The van der Waals surface area contributed by atoms with Crippen molar-refractivity contribution in [2.45, 2.75) is 6.92 Å². The van der Waals surface area contributed by atoms with Crippen LogP contribution in [0.5, 0.6) is 5.75 Å². The fourth-order valence-electron chi connectivity index (χ4n) is 2.85. The second kappa shape index (κ2) is 7.41. The van der Waals surface area contributed by atoms with Crippen LogP contribution >= 0.6 is 7.14 Å². The lowest BCUT2D eigenvalue weighted by Crippen LogP contribution is -2.15. The van der Waals surface area contributed by atoms with E-state index in [0.717, 1.165) is 16.7 Å². The Morgan fingerprint density at radius 2 is 1.74 bits per heavy atom. The first-order valence-corrected chi connectivity index (χ1v) is 11.1. The summed E-state index contributed by atoms with van der Waals surface area (Å²) in [6, 6.07) is 17.1. The number of ether oxygens (including phenoxy) is 1. The van der Waals surface area contributed by atoms with E-state index in [1.807, 2.05) is 53.4 Å². The molecular weight excluding hydrogens is 359 g/mol. The van der Waals surface area contributed by atoms with Crippen LogP contribution in [-0.2, 0) is 4.57 Å². The number of aryl methyl sites for hydroxylation is 1. The minimum Gasteiger partial charge on any atom is -0.495 e. The smallest absolute Gasteiger partial charge is 0.143 e. The lowest BCUT2D eigenvalue weighted by molar-refractivity contribution is 0.416. The third-order valence-electron chi connectivity index (χ3n) is 4.11. The van der Waals surface area contributed by atoms with Crippen molar-refractivity contribution in [3.8, 4) is 5.75 Å². The largest absolute Gasteiger partial charge is 0.495 e. The highest BCUT2D eigenvalue weighted by Gasteiger charge is 2.21. The Kier molecular flexibility index (Phi) is 5.19. The van der Waals surface area contributed by atoms with Crippen LogP contribution in [0, 0.1) is 6.92 Å². The fourth-order valence-corrected chi connectivity index (χ4v) is 3.71. The summed E-state index contributed by atoms with van der Waals surface area (Å²) in [5, 5.41) is 0.759. The summed E-state index contributed by atoms with van der Waals surface area (Å²) in [7, 11) is -0.813. The van der Waals surface area contributed by atoms with Gasteiger partial charge in [-0.1, -0.05) is 18.2 Å². The van der Waals surface area contributed by atoms with Crippen molar-refractivity contribution >= 4 is 35.5 Å². The normalized spacial score (nSPS) is 11.3. The molecule has 0 saturated heterocycles. The predicted molar refractivity (Wildman–Crippen MR) is 112 cm³/mol. The van der Waals surface area contributed by atoms with E-state index in [0.29, 0.717) is 23.2 Å². The molecular formula is C20H23N4O2P. The van der Waals surface area contributed by atoms with Crippen LogP contribution in [0.4, 0.5) is 23.0 Å². The monoisotopic (exact) mass is 382 g/mol. The molecule has 3 aromatic rings. The Morgan fingerprint density at radius 3 is 2.33 bits per heavy atom. The van der Waals surface area contributed by atoms with E-state index in [4.69, 9.17) is 10.5 Å². The molecule has 0 amide bonds. The SMILES string of the molecule is COc1cc(P(C)(C)=O)ccc1N(c1ccccc1)c1cc(N)nc(C)n1. The van der Waals surface area contributed by atoms with Crippen LogP contribution in [0.3, 0.4) is 0 Å². The first-order chi connectivity index (χ1) is 12.8. The zero-order valence-electron chi connectivity index (χ0n) is 15.9. The Hall–Kier alpha value is -2.85. The number of nitrogens with zero attached hydrogens (tertiary/aromatic N) is 3. The lowest BCUT2D eigenvalue weighted by atomic mass is 10.2. The molecule has 1 heterocycles. The van der Waals surface area contributed by atoms with Crippen LogP contribution in [-0.4, -0.2) is 30.4 Å². The summed E-state index contributed by atoms with van der Waals surface area (Å²) in [4.78, 5) is 10.7. The molecule has 3 rings (SSSR count). The second-order valence-electron chi connectivity index (χ2n) is 6.58. The molecule has 6 nitrogen and oxygen atoms in total. The van der Waals surface area contributed by atoms with Gasteiger partial charge >= 0.3 is 0 Å². The molecule has 2 aromatic carbocycles. The van der Waals surface area contributed by atoms with Crippen LogP contribution in [0.1, 0.15) is 5.82 Å². The quantitative estimate of drug-likeness (QED) is 0.669. The molecule has 0 bridgehead atoms. The van der Waals surface area contributed by atoms with Gasteiger partial charge in [-0.3, -0.25) is 4.90 Å². The predicted octanol–water partition coefficient (Wildman–Crippen LogP) is 4.09. The number of benzene rings is 2. The summed E-state index contributed by atoms with van der Waals surface area (Å²) in [5.74, 6) is 2.21. The van der Waals surface area contributed by atoms with Crippen LogP contribution in [0.2, 0.25) is 0 Å². The van der Waals surface area contributed by atoms with Crippen LogP contribution in [0.15, 0.2) is 54.6 Å². The average molecular weight is 382 g/mol. The number of methoxy groups -OCH3 is 1. The molecule has 0 fully saturated rings. The van der Waals surface area contributed by atoms with Crippen molar-refractivity contribution in [3.63, 3.8) is 0 Å². The summed E-state index contributed by atoms with van der Waals surface area (Å²) in [5.41, 5.74) is 7.64. The Balaban J connectivity index is 2.24. The van der Waals surface area contributed by atoms with Gasteiger partial charge in [-0.2, -0.15) is 0 Å². The van der Waals surface area contributed by atoms with Gasteiger partial charge in [-0.25, -0.2) is 9.97 Å². The van der Waals surface area contributed by atoms with Gasteiger partial charge in [0.25, 0.3) is 0 Å². The molecule has 1 aromatic heterocycles. The van der Waals surface area contributed by atoms with Crippen molar-refractivity contribution < 1.29 is 9.30 Å². The van der Waals surface area contributed by atoms with Gasteiger partial charge in [0.15, 0.2) is 0 Å². The molecule has 0 unspecified atom stereocenters. The molecule has 2 N–H and O–H groups in total. The Bertz CT molecular complexity index is 982. The number of anilines is 4. The summed E-state index contributed by atoms with van der Waals surface area (Å²) >= 11 is 0. The second-order valence-corrected chi connectivity index (χ2v) is 9.79. The zero-order chi connectivity index (χ0) is 19.6. The first kappa shape index (κ1) is 18.9. The number of rotatable bonds is 5. The molecule has 27 heavy (non-hydrogen) atoms. The van der Waals surface area contributed by atoms with Gasteiger partial charge in [-0.15, -0.1) is 0 Å². The standard InChI is InChI=1S/C20H23N4O2P/c1-14-22-19(21)13-20(23-14)24(15-8-6-5-7-9-15)17-11-10-16(27(3,4)25)12-18(17)26-2/h5-13H,1-4H3,(H2,21,22,23). The minimum atomic E-state index is -2.41. The van der Waals surface area contributed by atoms with Crippen molar-refractivity contribution in [2.75, 3.05) is 31.1 Å². The highest BCUT2D eigenvalue weighted by Crippen LogP contribution is 2.42. The molecule has 0 spiro atoms. The van der Waals surface area contributed by atoms with Gasteiger partial charge in [-0.05, 0) is 50.6 Å². The van der Waals surface area contributed by atoms with Gasteiger partial charge in [0.2, 0.25) is 0 Å².